The maximum atomic E-state index is 4.47. The molecule has 0 bridgehead atoms. The first-order valence-corrected chi connectivity index (χ1v) is 5.56. The van der Waals surface area contributed by atoms with E-state index >= 15 is 0 Å². The second-order valence-electron chi connectivity index (χ2n) is 3.45. The minimum atomic E-state index is 0.602. The van der Waals surface area contributed by atoms with Gasteiger partial charge in [0.1, 0.15) is 6.67 Å². The Balaban J connectivity index is 2.24. The lowest BCUT2D eigenvalue weighted by Crippen LogP contribution is -2.26. The summed E-state index contributed by atoms with van der Waals surface area (Å²) in [4.78, 5) is 4.39. The van der Waals surface area contributed by atoms with Crippen molar-refractivity contribution in [3.05, 3.63) is 28.7 Å². The van der Waals surface area contributed by atoms with Crippen LogP contribution in [0.4, 0.5) is 5.69 Å². The fourth-order valence-corrected chi connectivity index (χ4v) is 1.59. The molecule has 0 fully saturated rings. The van der Waals surface area contributed by atoms with Crippen molar-refractivity contribution < 1.29 is 0 Å². The van der Waals surface area contributed by atoms with Crippen molar-refractivity contribution in [3.8, 4) is 0 Å². The summed E-state index contributed by atoms with van der Waals surface area (Å²) in [5.41, 5.74) is 3.06. The van der Waals surface area contributed by atoms with Crippen LogP contribution in [-0.2, 0) is 0 Å². The second kappa shape index (κ2) is 4.14. The van der Waals surface area contributed by atoms with Gasteiger partial charge in [0, 0.05) is 4.47 Å². The molecule has 78 valence electrons. The number of anilines is 1. The van der Waals surface area contributed by atoms with E-state index in [1.165, 1.54) is 0 Å². The number of aliphatic imine (C=N–C) groups is 1. The highest BCUT2D eigenvalue weighted by molar-refractivity contribution is 9.10. The molecule has 4 heteroatoms. The average molecular weight is 266 g/mol. The molecule has 15 heavy (non-hydrogen) atoms. The lowest BCUT2D eigenvalue weighted by Gasteiger charge is -2.22. The molecule has 0 saturated heterocycles. The van der Waals surface area contributed by atoms with Crippen LogP contribution >= 0.6 is 15.9 Å². The van der Waals surface area contributed by atoms with Gasteiger partial charge in [-0.2, -0.15) is 5.10 Å². The Kier molecular flexibility index (Phi) is 2.86. The summed E-state index contributed by atoms with van der Waals surface area (Å²) in [6.45, 7) is 4.56. The fraction of sp³-hybridized carbons (Fsp3) is 0.273. The molecule has 0 unspecified atom stereocenters. The number of hydrogen-bond donors (Lipinski definition) is 0. The predicted molar refractivity (Wildman–Crippen MR) is 67.7 cm³/mol. The fourth-order valence-electron chi connectivity index (χ4n) is 1.33. The molecular formula is C11H12BrN3. The first-order valence-electron chi connectivity index (χ1n) is 4.76. The summed E-state index contributed by atoms with van der Waals surface area (Å²) >= 11 is 3.41. The molecule has 0 aromatic heterocycles. The molecule has 1 aliphatic heterocycles. The summed E-state index contributed by atoms with van der Waals surface area (Å²) in [5, 5.41) is 6.36. The SMILES string of the molecule is CC1=NCN(c2ccc(Br)cc2)N=C1C. The van der Waals surface area contributed by atoms with Gasteiger partial charge in [-0.3, -0.25) is 4.99 Å². The summed E-state index contributed by atoms with van der Waals surface area (Å²) in [5.74, 6) is 0. The first kappa shape index (κ1) is 10.4. The molecule has 0 atom stereocenters. The molecule has 0 radical (unpaired) electrons. The van der Waals surface area contributed by atoms with Gasteiger partial charge in [0.25, 0.3) is 0 Å². The molecule has 0 amide bonds. The summed E-state index contributed by atoms with van der Waals surface area (Å²) < 4.78 is 1.07. The maximum absolute atomic E-state index is 4.47. The van der Waals surface area contributed by atoms with Gasteiger partial charge in [0.15, 0.2) is 0 Å². The van der Waals surface area contributed by atoms with Gasteiger partial charge in [-0.25, -0.2) is 5.01 Å². The average Bonchev–Trinajstić information content (AvgIpc) is 2.23. The smallest absolute Gasteiger partial charge is 0.132 e. The van der Waals surface area contributed by atoms with E-state index in [1.54, 1.807) is 0 Å². The lowest BCUT2D eigenvalue weighted by atomic mass is 10.2. The molecule has 0 aliphatic carbocycles. The third-order valence-electron chi connectivity index (χ3n) is 2.36. The maximum Gasteiger partial charge on any atom is 0.132 e. The van der Waals surface area contributed by atoms with Crippen LogP contribution in [0.1, 0.15) is 13.8 Å². The van der Waals surface area contributed by atoms with Crippen LogP contribution in [0, 0.1) is 0 Å². The number of benzene rings is 1. The Hall–Kier alpha value is -1.16. The van der Waals surface area contributed by atoms with Crippen molar-refractivity contribution in [2.45, 2.75) is 13.8 Å². The van der Waals surface area contributed by atoms with Gasteiger partial charge >= 0.3 is 0 Å². The first-order chi connectivity index (χ1) is 7.16. The summed E-state index contributed by atoms with van der Waals surface area (Å²) in [6.07, 6.45) is 0. The largest absolute Gasteiger partial charge is 0.265 e. The summed E-state index contributed by atoms with van der Waals surface area (Å²) in [6, 6.07) is 8.06. The molecule has 1 heterocycles. The number of hydrogen-bond acceptors (Lipinski definition) is 3. The van der Waals surface area contributed by atoms with Gasteiger partial charge < -0.3 is 0 Å². The van der Waals surface area contributed by atoms with Gasteiger partial charge in [-0.1, -0.05) is 15.9 Å². The van der Waals surface area contributed by atoms with Crippen molar-refractivity contribution >= 4 is 33.0 Å². The molecule has 2 rings (SSSR count). The van der Waals surface area contributed by atoms with Crippen molar-refractivity contribution in [3.63, 3.8) is 0 Å². The molecule has 1 aromatic rings. The Bertz CT molecular complexity index is 420. The highest BCUT2D eigenvalue weighted by Gasteiger charge is 2.10. The highest BCUT2D eigenvalue weighted by Crippen LogP contribution is 2.19. The van der Waals surface area contributed by atoms with E-state index in [1.807, 2.05) is 43.1 Å². The Morgan fingerprint density at radius 1 is 1.13 bits per heavy atom. The van der Waals surface area contributed by atoms with E-state index < -0.39 is 0 Å². The van der Waals surface area contributed by atoms with Crippen LogP contribution in [-0.4, -0.2) is 18.1 Å². The van der Waals surface area contributed by atoms with Gasteiger partial charge in [0.05, 0.1) is 17.1 Å². The van der Waals surface area contributed by atoms with Crippen molar-refractivity contribution in [2.75, 3.05) is 11.7 Å². The van der Waals surface area contributed by atoms with Gasteiger partial charge in [-0.15, -0.1) is 0 Å². The van der Waals surface area contributed by atoms with Crippen molar-refractivity contribution in [1.82, 2.24) is 0 Å². The number of halogens is 1. The van der Waals surface area contributed by atoms with Crippen molar-refractivity contribution in [2.24, 2.45) is 10.1 Å². The minimum Gasteiger partial charge on any atom is -0.265 e. The third kappa shape index (κ3) is 2.26. The molecule has 0 saturated carbocycles. The molecule has 1 aliphatic rings. The topological polar surface area (TPSA) is 28.0 Å². The minimum absolute atomic E-state index is 0.602. The summed E-state index contributed by atoms with van der Waals surface area (Å²) in [7, 11) is 0. The quantitative estimate of drug-likeness (QED) is 0.767. The van der Waals surface area contributed by atoms with Gasteiger partial charge in [0.2, 0.25) is 0 Å². The molecule has 0 N–H and O–H groups in total. The lowest BCUT2D eigenvalue weighted by molar-refractivity contribution is 0.855. The zero-order chi connectivity index (χ0) is 10.8. The van der Waals surface area contributed by atoms with E-state index in [0.29, 0.717) is 6.67 Å². The van der Waals surface area contributed by atoms with E-state index in [0.717, 1.165) is 21.6 Å². The van der Waals surface area contributed by atoms with Crippen LogP contribution in [0.15, 0.2) is 38.8 Å². The predicted octanol–water partition coefficient (Wildman–Crippen LogP) is 3.06. The van der Waals surface area contributed by atoms with E-state index in [2.05, 4.69) is 26.0 Å². The monoisotopic (exact) mass is 265 g/mol. The standard InChI is InChI=1S/C11H12BrN3/c1-8-9(2)14-15(7-13-8)11-5-3-10(12)4-6-11/h3-6H,7H2,1-2H3. The molecular weight excluding hydrogens is 254 g/mol. The Morgan fingerprint density at radius 2 is 1.80 bits per heavy atom. The van der Waals surface area contributed by atoms with Crippen LogP contribution < -0.4 is 5.01 Å². The zero-order valence-electron chi connectivity index (χ0n) is 8.74. The van der Waals surface area contributed by atoms with Crippen molar-refractivity contribution in [1.29, 1.82) is 0 Å². The van der Waals surface area contributed by atoms with E-state index in [-0.39, 0.29) is 0 Å². The number of nitrogens with zero attached hydrogens (tertiary/aromatic N) is 3. The number of rotatable bonds is 1. The molecule has 3 nitrogen and oxygen atoms in total. The highest BCUT2D eigenvalue weighted by atomic mass is 79.9. The van der Waals surface area contributed by atoms with E-state index in [9.17, 15) is 0 Å². The molecule has 1 aromatic carbocycles. The zero-order valence-corrected chi connectivity index (χ0v) is 10.3. The Morgan fingerprint density at radius 3 is 2.40 bits per heavy atom. The van der Waals surface area contributed by atoms with E-state index in [4.69, 9.17) is 0 Å². The van der Waals surface area contributed by atoms with Crippen LogP contribution in [0.25, 0.3) is 0 Å². The third-order valence-corrected chi connectivity index (χ3v) is 2.89. The van der Waals surface area contributed by atoms with Crippen LogP contribution in [0.5, 0.6) is 0 Å². The Labute approximate surface area is 97.6 Å². The second-order valence-corrected chi connectivity index (χ2v) is 4.36. The van der Waals surface area contributed by atoms with Gasteiger partial charge in [-0.05, 0) is 38.1 Å². The normalized spacial score (nSPS) is 16.1. The number of hydrazone groups is 1. The van der Waals surface area contributed by atoms with Crippen LogP contribution in [0.3, 0.4) is 0 Å². The van der Waals surface area contributed by atoms with Crippen LogP contribution in [0.2, 0.25) is 0 Å². The molecule has 0 spiro atoms.